The van der Waals surface area contributed by atoms with Crippen molar-refractivity contribution in [2.24, 2.45) is 5.92 Å². The summed E-state index contributed by atoms with van der Waals surface area (Å²) in [5.41, 5.74) is -0.0509. The molecule has 1 heterocycles. The minimum Gasteiger partial charge on any atom is -0.492 e. The van der Waals surface area contributed by atoms with Gasteiger partial charge >= 0.3 is 0 Å². The first kappa shape index (κ1) is 21.7. The van der Waals surface area contributed by atoms with Crippen LogP contribution in [0.25, 0.3) is 0 Å². The summed E-state index contributed by atoms with van der Waals surface area (Å²) >= 11 is 0. The second-order valence-corrected chi connectivity index (χ2v) is 7.99. The van der Waals surface area contributed by atoms with Gasteiger partial charge in [-0.25, -0.2) is 0 Å². The number of carbonyl (C=O) groups excluding carboxylic acids is 1. The lowest BCUT2D eigenvalue weighted by molar-refractivity contribution is -0.140. The summed E-state index contributed by atoms with van der Waals surface area (Å²) in [6.45, 7) is 12.5. The lowest BCUT2D eigenvalue weighted by atomic mass is 9.93. The van der Waals surface area contributed by atoms with E-state index in [1.807, 2.05) is 38.1 Å². The maximum Gasteiger partial charge on any atom is 0.256 e. The van der Waals surface area contributed by atoms with Crippen molar-refractivity contribution in [3.63, 3.8) is 0 Å². The normalized spacial score (nSPS) is 17.5. The van der Waals surface area contributed by atoms with E-state index in [1.54, 1.807) is 0 Å². The lowest BCUT2D eigenvalue weighted by Crippen LogP contribution is -2.43. The number of ether oxygens (including phenoxy) is 2. The molecule has 1 saturated heterocycles. The Balaban J connectivity index is 1.83. The van der Waals surface area contributed by atoms with Crippen molar-refractivity contribution in [2.45, 2.75) is 59.0 Å². The van der Waals surface area contributed by atoms with Gasteiger partial charge in [0.05, 0.1) is 0 Å². The van der Waals surface area contributed by atoms with Gasteiger partial charge < -0.3 is 14.8 Å². The van der Waals surface area contributed by atoms with Gasteiger partial charge in [0.1, 0.15) is 18.0 Å². The van der Waals surface area contributed by atoms with Crippen molar-refractivity contribution in [3.8, 4) is 5.75 Å². The molecule has 1 N–H and O–H groups in total. The van der Waals surface area contributed by atoms with Crippen LogP contribution in [0.2, 0.25) is 0 Å². The van der Waals surface area contributed by atoms with E-state index in [-0.39, 0.29) is 5.91 Å². The Morgan fingerprint density at radius 2 is 1.85 bits per heavy atom. The van der Waals surface area contributed by atoms with E-state index in [1.165, 1.54) is 32.4 Å². The molecule has 0 saturated carbocycles. The summed E-state index contributed by atoms with van der Waals surface area (Å²) in [7, 11) is 0. The van der Waals surface area contributed by atoms with Crippen LogP contribution in [0, 0.1) is 5.92 Å². The van der Waals surface area contributed by atoms with Gasteiger partial charge in [-0.1, -0.05) is 20.3 Å². The Labute approximate surface area is 164 Å². The van der Waals surface area contributed by atoms with Crippen LogP contribution in [-0.2, 0) is 9.53 Å². The third kappa shape index (κ3) is 7.15. The number of nitrogens with zero attached hydrogens (tertiary/aromatic N) is 1. The fourth-order valence-electron chi connectivity index (χ4n) is 3.69. The van der Waals surface area contributed by atoms with E-state index in [2.05, 4.69) is 24.1 Å². The third-order valence-electron chi connectivity index (χ3n) is 4.98. The Morgan fingerprint density at radius 1 is 1.19 bits per heavy atom. The molecule has 5 heteroatoms. The molecule has 0 radical (unpaired) electrons. The van der Waals surface area contributed by atoms with Crippen LogP contribution >= 0.6 is 0 Å². The van der Waals surface area contributed by atoms with E-state index in [0.29, 0.717) is 25.6 Å². The standard InChI is InChI=1S/C22H36N2O3/c1-5-27-22(4,17-18(2)3)21(25)23-19-9-11-20(12-10-19)26-16-15-24-13-7-6-8-14-24/h9-12,18H,5-8,13-17H2,1-4H3,(H,23,25)/t22-/m1/s1. The molecule has 5 nitrogen and oxygen atoms in total. The van der Waals surface area contributed by atoms with Crippen LogP contribution in [0.3, 0.4) is 0 Å². The molecule has 0 unspecified atom stereocenters. The average molecular weight is 377 g/mol. The molecule has 0 spiro atoms. The highest BCUT2D eigenvalue weighted by atomic mass is 16.5. The first-order chi connectivity index (χ1) is 12.9. The Bertz CT molecular complexity index is 567. The van der Waals surface area contributed by atoms with E-state index in [0.717, 1.165) is 18.0 Å². The zero-order valence-electron chi connectivity index (χ0n) is 17.4. The predicted octanol–water partition coefficient (Wildman–Crippen LogP) is 4.33. The number of hydrogen-bond donors (Lipinski definition) is 1. The number of benzene rings is 1. The molecule has 1 atom stereocenters. The van der Waals surface area contributed by atoms with Crippen molar-refractivity contribution in [1.29, 1.82) is 0 Å². The summed E-state index contributed by atoms with van der Waals surface area (Å²) in [5, 5.41) is 2.98. The Kier molecular flexibility index (Phi) is 8.58. The Morgan fingerprint density at radius 3 is 2.44 bits per heavy atom. The first-order valence-electron chi connectivity index (χ1n) is 10.3. The minimum atomic E-state index is -0.813. The van der Waals surface area contributed by atoms with Crippen LogP contribution in [-0.4, -0.2) is 49.3 Å². The molecule has 1 aliphatic rings. The largest absolute Gasteiger partial charge is 0.492 e. The molecular formula is C22H36N2O3. The maximum absolute atomic E-state index is 12.7. The average Bonchev–Trinajstić information content (AvgIpc) is 2.63. The SMILES string of the molecule is CCO[C@](C)(CC(C)C)C(=O)Nc1ccc(OCCN2CCCCC2)cc1. The number of amides is 1. The topological polar surface area (TPSA) is 50.8 Å². The highest BCUT2D eigenvalue weighted by Crippen LogP contribution is 2.24. The Hall–Kier alpha value is -1.59. The molecule has 1 aromatic rings. The predicted molar refractivity (Wildman–Crippen MR) is 110 cm³/mol. The number of piperidine rings is 1. The summed E-state index contributed by atoms with van der Waals surface area (Å²) in [6.07, 6.45) is 4.63. The highest BCUT2D eigenvalue weighted by Gasteiger charge is 2.34. The van der Waals surface area contributed by atoms with Crippen molar-refractivity contribution in [2.75, 3.05) is 38.2 Å². The monoisotopic (exact) mass is 376 g/mol. The van der Waals surface area contributed by atoms with Crippen molar-refractivity contribution in [1.82, 2.24) is 4.90 Å². The zero-order valence-corrected chi connectivity index (χ0v) is 17.4. The number of nitrogens with one attached hydrogen (secondary N) is 1. The second-order valence-electron chi connectivity index (χ2n) is 7.99. The molecule has 152 valence electrons. The number of hydrogen-bond acceptors (Lipinski definition) is 4. The number of anilines is 1. The highest BCUT2D eigenvalue weighted by molar-refractivity contribution is 5.97. The van der Waals surface area contributed by atoms with E-state index >= 15 is 0 Å². The van der Waals surface area contributed by atoms with Crippen LogP contribution in [0.1, 0.15) is 53.4 Å². The number of carbonyl (C=O) groups is 1. The zero-order chi connectivity index (χ0) is 19.7. The van der Waals surface area contributed by atoms with Crippen LogP contribution in [0.4, 0.5) is 5.69 Å². The molecule has 0 bridgehead atoms. The minimum absolute atomic E-state index is 0.100. The van der Waals surface area contributed by atoms with E-state index < -0.39 is 5.60 Å². The number of likely N-dealkylation sites (tertiary alicyclic amines) is 1. The molecule has 2 rings (SSSR count). The van der Waals surface area contributed by atoms with Gasteiger partial charge in [0.2, 0.25) is 0 Å². The molecule has 1 aliphatic heterocycles. The maximum atomic E-state index is 12.7. The van der Waals surface area contributed by atoms with Crippen molar-refractivity contribution in [3.05, 3.63) is 24.3 Å². The van der Waals surface area contributed by atoms with Crippen molar-refractivity contribution >= 4 is 11.6 Å². The lowest BCUT2D eigenvalue weighted by Gasteiger charge is -2.29. The smallest absolute Gasteiger partial charge is 0.256 e. The molecule has 1 amide bonds. The molecule has 1 fully saturated rings. The van der Waals surface area contributed by atoms with Gasteiger partial charge in [0.25, 0.3) is 5.91 Å². The van der Waals surface area contributed by atoms with Gasteiger partial charge in [0.15, 0.2) is 0 Å². The summed E-state index contributed by atoms with van der Waals surface area (Å²) < 4.78 is 11.6. The molecule has 0 aliphatic carbocycles. The molecular weight excluding hydrogens is 340 g/mol. The first-order valence-corrected chi connectivity index (χ1v) is 10.3. The van der Waals surface area contributed by atoms with Crippen LogP contribution in [0.15, 0.2) is 24.3 Å². The van der Waals surface area contributed by atoms with Crippen LogP contribution in [0.5, 0.6) is 5.75 Å². The van der Waals surface area contributed by atoms with Gasteiger partial charge in [-0.3, -0.25) is 9.69 Å². The fraction of sp³-hybridized carbons (Fsp3) is 0.682. The van der Waals surface area contributed by atoms with Gasteiger partial charge in [-0.05, 0) is 76.4 Å². The fourth-order valence-corrected chi connectivity index (χ4v) is 3.69. The summed E-state index contributed by atoms with van der Waals surface area (Å²) in [4.78, 5) is 15.2. The number of rotatable bonds is 10. The van der Waals surface area contributed by atoms with E-state index in [9.17, 15) is 4.79 Å². The summed E-state index contributed by atoms with van der Waals surface area (Å²) in [6, 6.07) is 7.59. The van der Waals surface area contributed by atoms with Gasteiger partial charge in [-0.2, -0.15) is 0 Å². The summed E-state index contributed by atoms with van der Waals surface area (Å²) in [5.74, 6) is 1.11. The van der Waals surface area contributed by atoms with Crippen LogP contribution < -0.4 is 10.1 Å². The second kappa shape index (κ2) is 10.7. The quantitative estimate of drug-likeness (QED) is 0.660. The molecule has 1 aromatic carbocycles. The third-order valence-corrected chi connectivity index (χ3v) is 4.98. The van der Waals surface area contributed by atoms with E-state index in [4.69, 9.17) is 9.47 Å². The molecule has 27 heavy (non-hydrogen) atoms. The van der Waals surface area contributed by atoms with Gasteiger partial charge in [0, 0.05) is 18.8 Å². The van der Waals surface area contributed by atoms with Gasteiger partial charge in [-0.15, -0.1) is 0 Å². The molecule has 0 aromatic heterocycles. The van der Waals surface area contributed by atoms with Crippen molar-refractivity contribution < 1.29 is 14.3 Å².